The molecule has 1 aliphatic heterocycles. The van der Waals surface area contributed by atoms with Crippen molar-refractivity contribution < 1.29 is 14.2 Å². The lowest BCUT2D eigenvalue weighted by atomic mass is 10.2. The second-order valence-electron chi connectivity index (χ2n) is 5.37. The predicted octanol–water partition coefficient (Wildman–Crippen LogP) is 3.11. The summed E-state index contributed by atoms with van der Waals surface area (Å²) in [5.41, 5.74) is 2.93. The van der Waals surface area contributed by atoms with Crippen LogP contribution in [0.5, 0.6) is 0 Å². The molecule has 0 bridgehead atoms. The van der Waals surface area contributed by atoms with Gasteiger partial charge in [0.1, 0.15) is 11.2 Å². The molecule has 0 spiro atoms. The lowest BCUT2D eigenvalue weighted by Crippen LogP contribution is -2.46. The van der Waals surface area contributed by atoms with E-state index in [9.17, 15) is 9.59 Å². The maximum absolute atomic E-state index is 12.8. The summed E-state index contributed by atoms with van der Waals surface area (Å²) >= 11 is 6.02. The molecule has 3 aromatic rings. The van der Waals surface area contributed by atoms with E-state index in [0.717, 1.165) is 10.5 Å². The van der Waals surface area contributed by atoms with Gasteiger partial charge in [0.05, 0.1) is 6.20 Å². The van der Waals surface area contributed by atoms with E-state index in [1.54, 1.807) is 30.3 Å². The average Bonchev–Trinajstić information content (AvgIpc) is 2.80. The van der Waals surface area contributed by atoms with Crippen LogP contribution >= 0.6 is 11.6 Å². The van der Waals surface area contributed by atoms with Crippen LogP contribution in [0.2, 0.25) is 5.02 Å². The SMILES string of the molecule is Cc1ccc(N2C(=O)c3cnc4ccc(Cl)cc4[n+]3C2=O)cc1. The normalized spacial score (nSPS) is 13.7. The van der Waals surface area contributed by atoms with Crippen molar-refractivity contribution >= 4 is 40.3 Å². The molecule has 2 amide bonds. The number of rotatable bonds is 1. The summed E-state index contributed by atoms with van der Waals surface area (Å²) in [5, 5.41) is 0.481. The van der Waals surface area contributed by atoms with E-state index in [1.807, 2.05) is 19.1 Å². The van der Waals surface area contributed by atoms with Gasteiger partial charge in [0.25, 0.3) is 0 Å². The molecule has 0 fully saturated rings. The summed E-state index contributed by atoms with van der Waals surface area (Å²) in [5.74, 6) is -0.395. The molecule has 2 aromatic carbocycles. The molecule has 2 heterocycles. The Labute approximate surface area is 136 Å². The lowest BCUT2D eigenvalue weighted by Gasteiger charge is -2.04. The molecule has 23 heavy (non-hydrogen) atoms. The molecule has 5 nitrogen and oxygen atoms in total. The highest BCUT2D eigenvalue weighted by atomic mass is 35.5. The third-order valence-corrected chi connectivity index (χ3v) is 4.08. The van der Waals surface area contributed by atoms with Gasteiger partial charge in [-0.05, 0) is 31.2 Å². The number of hydrogen-bond acceptors (Lipinski definition) is 3. The third kappa shape index (κ3) is 2.01. The molecule has 0 unspecified atom stereocenters. The van der Waals surface area contributed by atoms with Crippen LogP contribution in [-0.2, 0) is 0 Å². The first-order valence-corrected chi connectivity index (χ1v) is 7.40. The minimum atomic E-state index is -0.427. The van der Waals surface area contributed by atoms with Crippen LogP contribution in [0, 0.1) is 6.92 Å². The van der Waals surface area contributed by atoms with Crippen LogP contribution in [0.25, 0.3) is 11.0 Å². The number of hydrogen-bond donors (Lipinski definition) is 0. The van der Waals surface area contributed by atoms with Crippen LogP contribution in [0.3, 0.4) is 0 Å². The molecule has 6 heteroatoms. The van der Waals surface area contributed by atoms with Crippen molar-refractivity contribution in [3.8, 4) is 0 Å². The number of anilines is 1. The number of nitrogens with zero attached hydrogens (tertiary/aromatic N) is 3. The second-order valence-corrected chi connectivity index (χ2v) is 5.81. The van der Waals surface area contributed by atoms with Crippen LogP contribution in [0.15, 0.2) is 48.7 Å². The number of aryl methyl sites for hydroxylation is 1. The smallest absolute Gasteiger partial charge is 0.248 e. The molecule has 0 saturated carbocycles. The Morgan fingerprint density at radius 1 is 1.09 bits per heavy atom. The number of benzene rings is 2. The summed E-state index contributed by atoms with van der Waals surface area (Å²) in [6.45, 7) is 1.94. The summed E-state index contributed by atoms with van der Waals surface area (Å²) in [4.78, 5) is 30.8. The first-order chi connectivity index (χ1) is 11.1. The van der Waals surface area contributed by atoms with Gasteiger partial charge in [0.2, 0.25) is 5.69 Å². The van der Waals surface area contributed by atoms with Crippen molar-refractivity contribution in [1.29, 1.82) is 0 Å². The van der Waals surface area contributed by atoms with Gasteiger partial charge in [-0.2, -0.15) is 4.79 Å². The van der Waals surface area contributed by atoms with E-state index < -0.39 is 11.9 Å². The molecule has 1 aliphatic rings. The summed E-state index contributed by atoms with van der Waals surface area (Å²) < 4.78 is 1.36. The van der Waals surface area contributed by atoms with Gasteiger partial charge in [0, 0.05) is 11.1 Å². The first-order valence-electron chi connectivity index (χ1n) is 7.02. The number of aromatic nitrogens is 2. The van der Waals surface area contributed by atoms with Gasteiger partial charge in [0.15, 0.2) is 5.52 Å². The van der Waals surface area contributed by atoms with E-state index in [0.29, 0.717) is 21.7 Å². The Bertz CT molecular complexity index is 983. The van der Waals surface area contributed by atoms with Crippen molar-refractivity contribution in [2.24, 2.45) is 0 Å². The standard InChI is InChI=1S/C17H11ClN3O2/c1-10-2-5-12(6-3-10)20-16(22)15-9-19-13-7-4-11(18)8-14(13)21(15)17(20)23/h2-9H,1H3/q+1. The van der Waals surface area contributed by atoms with E-state index >= 15 is 0 Å². The van der Waals surface area contributed by atoms with Gasteiger partial charge >= 0.3 is 11.9 Å². The van der Waals surface area contributed by atoms with E-state index in [-0.39, 0.29) is 5.69 Å². The maximum atomic E-state index is 12.8. The Balaban J connectivity index is 1.94. The van der Waals surface area contributed by atoms with Crippen LogP contribution in [0.1, 0.15) is 16.1 Å². The number of carbonyl (C=O) groups excluding carboxylic acids is 2. The van der Waals surface area contributed by atoms with Crippen molar-refractivity contribution in [2.45, 2.75) is 6.92 Å². The Morgan fingerprint density at radius 3 is 2.57 bits per heavy atom. The minimum Gasteiger partial charge on any atom is -0.248 e. The summed E-state index contributed by atoms with van der Waals surface area (Å²) in [7, 11) is 0. The summed E-state index contributed by atoms with van der Waals surface area (Å²) in [6, 6.07) is 11.8. The Kier molecular flexibility index (Phi) is 2.92. The predicted molar refractivity (Wildman–Crippen MR) is 85.7 cm³/mol. The molecule has 1 aromatic heterocycles. The molecule has 112 valence electrons. The van der Waals surface area contributed by atoms with Crippen molar-refractivity contribution in [3.63, 3.8) is 0 Å². The molecule has 4 rings (SSSR count). The second kappa shape index (κ2) is 4.86. The zero-order valence-electron chi connectivity index (χ0n) is 12.2. The topological polar surface area (TPSA) is 54.2 Å². The first kappa shape index (κ1) is 13.8. The number of halogens is 1. The van der Waals surface area contributed by atoms with Crippen LogP contribution in [0.4, 0.5) is 10.5 Å². The third-order valence-electron chi connectivity index (χ3n) is 3.84. The van der Waals surface area contributed by atoms with Crippen molar-refractivity contribution in [2.75, 3.05) is 4.90 Å². The van der Waals surface area contributed by atoms with E-state index in [1.165, 1.54) is 10.8 Å². The molecule has 0 saturated heterocycles. The molecule has 0 N–H and O–H groups in total. The fraction of sp³-hybridized carbons (Fsp3) is 0.0588. The number of fused-ring (bicyclic) bond motifs is 3. The average molecular weight is 325 g/mol. The van der Waals surface area contributed by atoms with Crippen molar-refractivity contribution in [1.82, 2.24) is 4.98 Å². The highest BCUT2D eigenvalue weighted by Crippen LogP contribution is 2.23. The lowest BCUT2D eigenvalue weighted by molar-refractivity contribution is -0.537. The van der Waals surface area contributed by atoms with Gasteiger partial charge < -0.3 is 0 Å². The van der Waals surface area contributed by atoms with Gasteiger partial charge in [-0.3, -0.25) is 0 Å². The molecule has 0 atom stereocenters. The molecular formula is C17H11ClN3O2+. The quantitative estimate of drug-likeness (QED) is 0.646. The molecular weight excluding hydrogens is 314 g/mol. The number of carbonyl (C=O) groups is 2. The zero-order valence-corrected chi connectivity index (χ0v) is 12.9. The Hall–Kier alpha value is -2.79. The molecule has 0 aliphatic carbocycles. The monoisotopic (exact) mass is 324 g/mol. The number of imide groups is 1. The zero-order chi connectivity index (χ0) is 16.1. The maximum Gasteiger partial charge on any atom is 0.512 e. The van der Waals surface area contributed by atoms with Gasteiger partial charge in [-0.15, -0.1) is 9.47 Å². The highest BCUT2D eigenvalue weighted by molar-refractivity contribution is 6.31. The van der Waals surface area contributed by atoms with Gasteiger partial charge in [-0.25, -0.2) is 9.78 Å². The Morgan fingerprint density at radius 2 is 1.83 bits per heavy atom. The highest BCUT2D eigenvalue weighted by Gasteiger charge is 2.48. The fourth-order valence-corrected chi connectivity index (χ4v) is 2.85. The van der Waals surface area contributed by atoms with Crippen LogP contribution in [-0.4, -0.2) is 16.9 Å². The van der Waals surface area contributed by atoms with Crippen molar-refractivity contribution in [3.05, 3.63) is 64.9 Å². The van der Waals surface area contributed by atoms with Gasteiger partial charge in [-0.1, -0.05) is 29.3 Å². The summed E-state index contributed by atoms with van der Waals surface area (Å²) in [6.07, 6.45) is 1.42. The van der Waals surface area contributed by atoms with Crippen LogP contribution < -0.4 is 9.47 Å². The number of amides is 2. The molecule has 0 radical (unpaired) electrons. The van der Waals surface area contributed by atoms with E-state index in [2.05, 4.69) is 4.98 Å². The van der Waals surface area contributed by atoms with E-state index in [4.69, 9.17) is 11.6 Å². The fourth-order valence-electron chi connectivity index (χ4n) is 2.68. The minimum absolute atomic E-state index is 0.227. The largest absolute Gasteiger partial charge is 0.512 e.